The molecule has 0 unspecified atom stereocenters. The monoisotopic (exact) mass is 810 g/mol. The van der Waals surface area contributed by atoms with Gasteiger partial charge in [-0.25, -0.2) is 0 Å². The zero-order valence-corrected chi connectivity index (χ0v) is 36.4. The molecule has 0 aromatic heterocycles. The van der Waals surface area contributed by atoms with E-state index in [0.29, 0.717) is 32.4 Å². The minimum Gasteiger partial charge on any atom is -0.356 e. The number of ketones is 6. The molecular formula is C41H71N5O11. The van der Waals surface area contributed by atoms with Crippen LogP contribution in [0.4, 0.5) is 0 Å². The molecule has 5 amide bonds. The summed E-state index contributed by atoms with van der Waals surface area (Å²) in [6.07, 6.45) is 0.859. The molecule has 0 aromatic rings. The summed E-state index contributed by atoms with van der Waals surface area (Å²) in [5.74, 6) is -2.46. The van der Waals surface area contributed by atoms with Gasteiger partial charge in [0.15, 0.2) is 11.6 Å². The van der Waals surface area contributed by atoms with Crippen molar-refractivity contribution in [2.45, 2.75) is 128 Å². The number of amides is 5. The van der Waals surface area contributed by atoms with E-state index < -0.39 is 23.6 Å². The molecule has 0 aliphatic heterocycles. The Balaban J connectivity index is -0.000000775. The maximum Gasteiger partial charge on any atom is 0.229 e. The Kier molecular flexibility index (Phi) is 32.3. The van der Waals surface area contributed by atoms with Crippen molar-refractivity contribution in [3.05, 3.63) is 0 Å². The Labute approximate surface area is 339 Å². The molecule has 57 heavy (non-hydrogen) atoms. The van der Waals surface area contributed by atoms with Crippen molar-refractivity contribution in [3.8, 4) is 0 Å². The summed E-state index contributed by atoms with van der Waals surface area (Å²) in [4.78, 5) is 125. The van der Waals surface area contributed by atoms with E-state index in [2.05, 4.69) is 26.6 Å². The Morgan fingerprint density at radius 3 is 0.877 bits per heavy atom. The fourth-order valence-corrected chi connectivity index (χ4v) is 3.75. The smallest absolute Gasteiger partial charge is 0.229 e. The van der Waals surface area contributed by atoms with E-state index in [1.165, 1.54) is 0 Å². The summed E-state index contributed by atoms with van der Waals surface area (Å²) < 4.78 is 0. The number of hydrogen-bond donors (Lipinski definition) is 5. The van der Waals surface area contributed by atoms with Gasteiger partial charge in [0.2, 0.25) is 29.5 Å². The van der Waals surface area contributed by atoms with E-state index in [9.17, 15) is 52.7 Å². The summed E-state index contributed by atoms with van der Waals surface area (Å²) in [5, 5.41) is 12.5. The summed E-state index contributed by atoms with van der Waals surface area (Å²) >= 11 is 0. The van der Waals surface area contributed by atoms with Crippen LogP contribution in [0.2, 0.25) is 0 Å². The van der Waals surface area contributed by atoms with E-state index in [4.69, 9.17) is 0 Å². The predicted molar refractivity (Wildman–Crippen MR) is 216 cm³/mol. The van der Waals surface area contributed by atoms with Crippen LogP contribution in [0.15, 0.2) is 0 Å². The van der Waals surface area contributed by atoms with Gasteiger partial charge in [0, 0.05) is 74.4 Å². The predicted octanol–water partition coefficient (Wildman–Crippen LogP) is 2.62. The SMILES string of the molecule is CC(C)C(=O)CCCNC(=O)CC(=O)NCC(=O)C(C)C.CC(C)C(=O)CCNC(=O)CC(=O)C(C)C.CC(C)C(=O)CCNC(=O)CC(=O)NCC(=O)C(C)C. The Bertz CT molecular complexity index is 1350. The Morgan fingerprint density at radius 2 is 0.561 bits per heavy atom. The molecule has 16 heteroatoms. The van der Waals surface area contributed by atoms with E-state index in [0.717, 1.165) is 0 Å². The number of Topliss-reactive ketones (excluding diaryl/α,β-unsaturated/α-hetero) is 6. The van der Waals surface area contributed by atoms with Gasteiger partial charge >= 0.3 is 0 Å². The quantitative estimate of drug-likeness (QED) is 0.0628. The number of carbonyl (C=O) groups excluding carboxylic acids is 11. The highest BCUT2D eigenvalue weighted by atomic mass is 16.2. The topological polar surface area (TPSA) is 248 Å². The van der Waals surface area contributed by atoms with Crippen molar-refractivity contribution in [2.24, 2.45) is 35.5 Å². The first-order chi connectivity index (χ1) is 26.3. The fourth-order valence-electron chi connectivity index (χ4n) is 3.75. The average molecular weight is 810 g/mol. The molecule has 0 aliphatic rings. The van der Waals surface area contributed by atoms with Gasteiger partial charge in [0.1, 0.15) is 36.0 Å². The minimum absolute atomic E-state index is 0.00461. The van der Waals surface area contributed by atoms with Crippen LogP contribution < -0.4 is 26.6 Å². The molecule has 0 rings (SSSR count). The van der Waals surface area contributed by atoms with E-state index in [-0.39, 0.29) is 121 Å². The molecule has 0 saturated heterocycles. The first-order valence-electron chi connectivity index (χ1n) is 19.8. The second kappa shape index (κ2) is 32.5. The van der Waals surface area contributed by atoms with Gasteiger partial charge in [0.25, 0.3) is 0 Å². The van der Waals surface area contributed by atoms with Crippen molar-refractivity contribution in [3.63, 3.8) is 0 Å². The van der Waals surface area contributed by atoms with Crippen molar-refractivity contribution >= 4 is 64.2 Å². The second-order valence-electron chi connectivity index (χ2n) is 15.5. The minimum atomic E-state index is -0.494. The number of rotatable bonds is 26. The Hall–Kier alpha value is -4.63. The van der Waals surface area contributed by atoms with Gasteiger partial charge in [-0.15, -0.1) is 0 Å². The largest absolute Gasteiger partial charge is 0.356 e. The fraction of sp³-hybridized carbons (Fsp3) is 0.732. The normalized spacial score (nSPS) is 10.6. The molecule has 0 radical (unpaired) electrons. The molecular weight excluding hydrogens is 738 g/mol. The lowest BCUT2D eigenvalue weighted by Gasteiger charge is -2.08. The van der Waals surface area contributed by atoms with Crippen LogP contribution in [0.5, 0.6) is 0 Å². The molecule has 0 aromatic carbocycles. The van der Waals surface area contributed by atoms with Gasteiger partial charge < -0.3 is 26.6 Å². The first-order valence-corrected chi connectivity index (χ1v) is 19.8. The summed E-state index contributed by atoms with van der Waals surface area (Å²) in [6.45, 7) is 22.2. The van der Waals surface area contributed by atoms with Crippen LogP contribution >= 0.6 is 0 Å². The third-order valence-corrected chi connectivity index (χ3v) is 8.07. The van der Waals surface area contributed by atoms with Crippen molar-refractivity contribution in [1.82, 2.24) is 26.6 Å². The van der Waals surface area contributed by atoms with Gasteiger partial charge in [-0.3, -0.25) is 52.7 Å². The third-order valence-electron chi connectivity index (χ3n) is 8.07. The molecule has 0 aliphatic carbocycles. The average Bonchev–Trinajstić information content (AvgIpc) is 3.11. The van der Waals surface area contributed by atoms with Crippen molar-refractivity contribution in [2.75, 3.05) is 32.7 Å². The summed E-state index contributed by atoms with van der Waals surface area (Å²) in [7, 11) is 0. The van der Waals surface area contributed by atoms with E-state index in [1.807, 2.05) is 27.7 Å². The van der Waals surface area contributed by atoms with Gasteiger partial charge in [-0.05, 0) is 6.42 Å². The van der Waals surface area contributed by atoms with Gasteiger partial charge in [-0.2, -0.15) is 0 Å². The molecule has 0 heterocycles. The standard InChI is InChI=1S/C15H26N2O4.C14H24N2O4.C12H21NO3/c1-10(2)12(18)6-5-7-16-14(20)8-15(21)17-9-13(19)11(3)4;1-9(2)11(17)5-6-15-13(19)7-14(20)16-8-12(18)10(3)4;1-8(2)10(14)5-6-13-12(16)7-11(15)9(3)4/h10-11H,5-9H2,1-4H3,(H,16,20)(H,17,21);9-10H,5-8H2,1-4H3,(H,15,19)(H,16,20);8-9H,5-7H2,1-4H3,(H,13,16). The molecule has 0 spiro atoms. The molecule has 5 N–H and O–H groups in total. The lowest BCUT2D eigenvalue weighted by Crippen LogP contribution is -2.36. The molecule has 0 saturated carbocycles. The van der Waals surface area contributed by atoms with Crippen LogP contribution in [0.25, 0.3) is 0 Å². The highest BCUT2D eigenvalue weighted by Crippen LogP contribution is 2.02. The molecule has 326 valence electrons. The third kappa shape index (κ3) is 34.4. The van der Waals surface area contributed by atoms with Crippen LogP contribution in [0, 0.1) is 35.5 Å². The van der Waals surface area contributed by atoms with Crippen LogP contribution in [-0.2, 0) is 52.7 Å². The maximum atomic E-state index is 11.5. The van der Waals surface area contributed by atoms with Crippen molar-refractivity contribution < 1.29 is 52.7 Å². The van der Waals surface area contributed by atoms with E-state index in [1.54, 1.807) is 55.4 Å². The lowest BCUT2D eigenvalue weighted by atomic mass is 10.0. The summed E-state index contributed by atoms with van der Waals surface area (Å²) in [5.41, 5.74) is 0. The summed E-state index contributed by atoms with van der Waals surface area (Å²) in [6, 6.07) is 0. The molecule has 16 nitrogen and oxygen atoms in total. The Morgan fingerprint density at radius 1 is 0.298 bits per heavy atom. The van der Waals surface area contributed by atoms with Crippen molar-refractivity contribution in [1.29, 1.82) is 0 Å². The molecule has 0 atom stereocenters. The van der Waals surface area contributed by atoms with Crippen LogP contribution in [0.1, 0.15) is 128 Å². The molecule has 0 bridgehead atoms. The second-order valence-corrected chi connectivity index (χ2v) is 15.5. The van der Waals surface area contributed by atoms with Gasteiger partial charge in [-0.1, -0.05) is 83.1 Å². The maximum absolute atomic E-state index is 11.5. The number of nitrogens with one attached hydrogen (secondary N) is 5. The van der Waals surface area contributed by atoms with Crippen LogP contribution in [0.3, 0.4) is 0 Å². The zero-order valence-electron chi connectivity index (χ0n) is 36.4. The van der Waals surface area contributed by atoms with Crippen LogP contribution in [-0.4, -0.2) is 97.0 Å². The van der Waals surface area contributed by atoms with E-state index >= 15 is 0 Å². The lowest BCUT2D eigenvalue weighted by molar-refractivity contribution is -0.132. The first kappa shape index (κ1) is 56.7. The number of carbonyl (C=O) groups is 11. The highest BCUT2D eigenvalue weighted by Gasteiger charge is 2.16. The van der Waals surface area contributed by atoms with Gasteiger partial charge in [0.05, 0.1) is 19.5 Å². The highest BCUT2D eigenvalue weighted by molar-refractivity contribution is 6.00. The molecule has 0 fully saturated rings. The number of hydrogen-bond acceptors (Lipinski definition) is 11. The zero-order chi connectivity index (χ0) is 44.8.